The first kappa shape index (κ1) is 10.6. The van der Waals surface area contributed by atoms with E-state index in [0.717, 1.165) is 19.3 Å². The van der Waals surface area contributed by atoms with Gasteiger partial charge in [0.25, 0.3) is 0 Å². The van der Waals surface area contributed by atoms with Gasteiger partial charge in [0.15, 0.2) is 0 Å². The van der Waals surface area contributed by atoms with E-state index < -0.39 is 0 Å². The Morgan fingerprint density at radius 3 is 2.40 bits per heavy atom. The second-order valence-corrected chi connectivity index (χ2v) is 5.04. The molecule has 0 aromatic rings. The Bertz CT molecular complexity index is 296. The van der Waals surface area contributed by atoms with E-state index in [1.165, 1.54) is 19.8 Å². The van der Waals surface area contributed by atoms with Crippen molar-refractivity contribution in [3.63, 3.8) is 0 Å². The molecule has 0 heterocycles. The molecule has 84 valence electrons. The van der Waals surface area contributed by atoms with Gasteiger partial charge >= 0.3 is 0 Å². The largest absolute Gasteiger partial charge is 0.300 e. The van der Waals surface area contributed by atoms with E-state index in [2.05, 4.69) is 0 Å². The van der Waals surface area contributed by atoms with Crippen LogP contribution in [0.5, 0.6) is 0 Å². The standard InChI is InChI=1S/C11H17NO3/c1-7(13)8-2-3-11(4-5-11)6-9(8)10(14)12-15/h8-9,15H,2-6H2,1H3,(H,12,14). The molecular weight excluding hydrogens is 194 g/mol. The highest BCUT2D eigenvalue weighted by Gasteiger charge is 2.51. The fraction of sp³-hybridized carbons (Fsp3) is 0.818. The number of rotatable bonds is 2. The normalized spacial score (nSPS) is 32.4. The van der Waals surface area contributed by atoms with Crippen LogP contribution in [0.25, 0.3) is 0 Å². The number of carbonyl (C=O) groups is 2. The molecular formula is C11H17NO3. The molecule has 2 aliphatic carbocycles. The van der Waals surface area contributed by atoms with Crippen LogP contribution in [-0.4, -0.2) is 16.9 Å². The van der Waals surface area contributed by atoms with Gasteiger partial charge < -0.3 is 0 Å². The van der Waals surface area contributed by atoms with Gasteiger partial charge in [0.2, 0.25) is 5.91 Å². The van der Waals surface area contributed by atoms with Crippen molar-refractivity contribution in [2.75, 3.05) is 0 Å². The number of Topliss-reactive ketones (excluding diaryl/α,β-unsaturated/α-hetero) is 1. The number of hydroxylamine groups is 1. The molecule has 2 N–H and O–H groups in total. The monoisotopic (exact) mass is 211 g/mol. The van der Waals surface area contributed by atoms with Crippen molar-refractivity contribution < 1.29 is 14.8 Å². The van der Waals surface area contributed by atoms with Gasteiger partial charge in [-0.2, -0.15) is 0 Å². The summed E-state index contributed by atoms with van der Waals surface area (Å²) in [4.78, 5) is 22.9. The molecule has 2 fully saturated rings. The average Bonchev–Trinajstić information content (AvgIpc) is 2.96. The third kappa shape index (κ3) is 1.91. The van der Waals surface area contributed by atoms with Crippen LogP contribution in [0, 0.1) is 17.3 Å². The molecule has 0 saturated heterocycles. The fourth-order valence-corrected chi connectivity index (χ4v) is 2.85. The van der Waals surface area contributed by atoms with Crippen LogP contribution in [0.2, 0.25) is 0 Å². The molecule has 2 unspecified atom stereocenters. The van der Waals surface area contributed by atoms with Gasteiger partial charge in [-0.1, -0.05) is 0 Å². The first-order chi connectivity index (χ1) is 7.08. The summed E-state index contributed by atoms with van der Waals surface area (Å²) in [7, 11) is 0. The molecule has 0 radical (unpaired) electrons. The smallest absolute Gasteiger partial charge is 0.247 e. The summed E-state index contributed by atoms with van der Waals surface area (Å²) in [5.74, 6) is -0.826. The van der Waals surface area contributed by atoms with Crippen molar-refractivity contribution in [3.05, 3.63) is 0 Å². The van der Waals surface area contributed by atoms with E-state index in [1.54, 1.807) is 5.48 Å². The second kappa shape index (κ2) is 3.59. The Balaban J connectivity index is 2.11. The minimum atomic E-state index is -0.388. The van der Waals surface area contributed by atoms with Crippen LogP contribution in [0.4, 0.5) is 0 Å². The molecule has 1 amide bonds. The summed E-state index contributed by atoms with van der Waals surface area (Å²) >= 11 is 0. The summed E-state index contributed by atoms with van der Waals surface area (Å²) in [5.41, 5.74) is 2.02. The van der Waals surface area contributed by atoms with Crippen molar-refractivity contribution in [2.24, 2.45) is 17.3 Å². The Labute approximate surface area is 89.0 Å². The predicted molar refractivity (Wildman–Crippen MR) is 53.1 cm³/mol. The third-order valence-electron chi connectivity index (χ3n) is 4.05. The highest BCUT2D eigenvalue weighted by atomic mass is 16.5. The van der Waals surface area contributed by atoms with E-state index >= 15 is 0 Å². The van der Waals surface area contributed by atoms with Gasteiger partial charge in [-0.05, 0) is 44.4 Å². The molecule has 2 atom stereocenters. The molecule has 2 saturated carbocycles. The number of carbonyl (C=O) groups excluding carboxylic acids is 2. The Morgan fingerprint density at radius 2 is 1.93 bits per heavy atom. The maximum absolute atomic E-state index is 11.5. The van der Waals surface area contributed by atoms with Gasteiger partial charge in [-0.3, -0.25) is 14.8 Å². The molecule has 2 aliphatic rings. The molecule has 0 bridgehead atoms. The zero-order valence-corrected chi connectivity index (χ0v) is 8.95. The lowest BCUT2D eigenvalue weighted by molar-refractivity contribution is -0.141. The molecule has 0 aromatic heterocycles. The average molecular weight is 211 g/mol. The van der Waals surface area contributed by atoms with Crippen LogP contribution < -0.4 is 5.48 Å². The highest BCUT2D eigenvalue weighted by Crippen LogP contribution is 2.58. The minimum absolute atomic E-state index is 0.0686. The van der Waals surface area contributed by atoms with Crippen LogP contribution in [0.1, 0.15) is 39.0 Å². The maximum atomic E-state index is 11.5. The van der Waals surface area contributed by atoms with Gasteiger partial charge in [-0.15, -0.1) is 0 Å². The number of hydrogen-bond acceptors (Lipinski definition) is 3. The van der Waals surface area contributed by atoms with Crippen LogP contribution in [0.3, 0.4) is 0 Å². The minimum Gasteiger partial charge on any atom is -0.300 e. The summed E-state index contributed by atoms with van der Waals surface area (Å²) in [6.45, 7) is 1.53. The third-order valence-corrected chi connectivity index (χ3v) is 4.05. The molecule has 0 aliphatic heterocycles. The van der Waals surface area contributed by atoms with Crippen molar-refractivity contribution in [1.29, 1.82) is 0 Å². The molecule has 1 spiro atoms. The van der Waals surface area contributed by atoms with E-state index in [0.29, 0.717) is 5.41 Å². The SMILES string of the molecule is CC(=O)C1CCC2(CC2)CC1C(=O)NO. The molecule has 0 aromatic carbocycles. The zero-order valence-electron chi connectivity index (χ0n) is 8.95. The number of nitrogens with one attached hydrogen (secondary N) is 1. The van der Waals surface area contributed by atoms with E-state index in [4.69, 9.17) is 5.21 Å². The lowest BCUT2D eigenvalue weighted by Gasteiger charge is -2.33. The van der Waals surface area contributed by atoms with Crippen LogP contribution in [-0.2, 0) is 9.59 Å². The lowest BCUT2D eigenvalue weighted by Crippen LogP contribution is -2.40. The van der Waals surface area contributed by atoms with E-state index in [1.807, 2.05) is 0 Å². The van der Waals surface area contributed by atoms with Gasteiger partial charge in [0.05, 0.1) is 5.92 Å². The molecule has 4 heteroatoms. The van der Waals surface area contributed by atoms with E-state index in [9.17, 15) is 9.59 Å². The summed E-state index contributed by atoms with van der Waals surface area (Å²) in [5, 5.41) is 8.67. The summed E-state index contributed by atoms with van der Waals surface area (Å²) < 4.78 is 0. The van der Waals surface area contributed by atoms with Crippen molar-refractivity contribution in [2.45, 2.75) is 39.0 Å². The second-order valence-electron chi connectivity index (χ2n) is 5.04. The first-order valence-electron chi connectivity index (χ1n) is 5.52. The fourth-order valence-electron chi connectivity index (χ4n) is 2.85. The Hall–Kier alpha value is -0.900. The molecule has 2 rings (SSSR count). The van der Waals surface area contributed by atoms with Crippen molar-refractivity contribution in [3.8, 4) is 0 Å². The highest BCUT2D eigenvalue weighted by molar-refractivity contribution is 5.87. The summed E-state index contributed by atoms with van der Waals surface area (Å²) in [6.07, 6.45) is 4.98. The van der Waals surface area contributed by atoms with E-state index in [-0.39, 0.29) is 23.5 Å². The predicted octanol–water partition coefficient (Wildman–Crippen LogP) is 1.28. The first-order valence-corrected chi connectivity index (χ1v) is 5.52. The van der Waals surface area contributed by atoms with Gasteiger partial charge in [0, 0.05) is 5.92 Å². The van der Waals surface area contributed by atoms with Crippen molar-refractivity contribution >= 4 is 11.7 Å². The lowest BCUT2D eigenvalue weighted by atomic mass is 9.70. The van der Waals surface area contributed by atoms with Crippen LogP contribution in [0.15, 0.2) is 0 Å². The maximum Gasteiger partial charge on any atom is 0.247 e. The quantitative estimate of drug-likeness (QED) is 0.534. The zero-order chi connectivity index (χ0) is 11.1. The van der Waals surface area contributed by atoms with Crippen molar-refractivity contribution in [1.82, 2.24) is 5.48 Å². The number of hydrogen-bond donors (Lipinski definition) is 2. The Kier molecular flexibility index (Phi) is 2.54. The van der Waals surface area contributed by atoms with Crippen LogP contribution >= 0.6 is 0 Å². The molecule has 15 heavy (non-hydrogen) atoms. The number of amides is 1. The molecule has 4 nitrogen and oxygen atoms in total. The van der Waals surface area contributed by atoms with Gasteiger partial charge in [0.1, 0.15) is 5.78 Å². The topological polar surface area (TPSA) is 66.4 Å². The summed E-state index contributed by atoms with van der Waals surface area (Å²) in [6, 6.07) is 0. The number of ketones is 1. The van der Waals surface area contributed by atoms with Gasteiger partial charge in [-0.25, -0.2) is 5.48 Å². The Morgan fingerprint density at radius 1 is 1.27 bits per heavy atom.